The number of alkyl halides is 3. The summed E-state index contributed by atoms with van der Waals surface area (Å²) in [6.07, 6.45) is -4.62. The zero-order chi connectivity index (χ0) is 24.0. The number of carbonyl (C=O) groups is 1. The SMILES string of the molecule is CCOc1ccc(COc2ccc(NC(=O)c3cc(C(F)(F)F)nn3C)cc2)cc1OCC. The normalized spacial score (nSPS) is 11.2. The summed E-state index contributed by atoms with van der Waals surface area (Å²) >= 11 is 0. The molecule has 0 saturated heterocycles. The second kappa shape index (κ2) is 10.3. The van der Waals surface area contributed by atoms with Crippen molar-refractivity contribution in [2.45, 2.75) is 26.6 Å². The van der Waals surface area contributed by atoms with Gasteiger partial charge in [0.2, 0.25) is 0 Å². The molecule has 2 aromatic carbocycles. The Labute approximate surface area is 189 Å². The van der Waals surface area contributed by atoms with Crippen molar-refractivity contribution in [2.75, 3.05) is 18.5 Å². The van der Waals surface area contributed by atoms with Crippen LogP contribution in [0.2, 0.25) is 0 Å². The van der Waals surface area contributed by atoms with E-state index in [1.165, 1.54) is 7.05 Å². The fourth-order valence-corrected chi connectivity index (χ4v) is 3.00. The highest BCUT2D eigenvalue weighted by molar-refractivity contribution is 6.03. The highest BCUT2D eigenvalue weighted by Crippen LogP contribution is 2.30. The van der Waals surface area contributed by atoms with E-state index in [0.717, 1.165) is 10.2 Å². The maximum Gasteiger partial charge on any atom is 0.435 e. The van der Waals surface area contributed by atoms with Gasteiger partial charge in [-0.25, -0.2) is 0 Å². The minimum Gasteiger partial charge on any atom is -0.490 e. The number of ether oxygens (including phenoxy) is 3. The minimum atomic E-state index is -4.62. The molecule has 10 heteroatoms. The molecule has 0 fully saturated rings. The largest absolute Gasteiger partial charge is 0.490 e. The Kier molecular flexibility index (Phi) is 7.47. The summed E-state index contributed by atoms with van der Waals surface area (Å²) in [7, 11) is 1.28. The lowest BCUT2D eigenvalue weighted by Gasteiger charge is -2.13. The van der Waals surface area contributed by atoms with Gasteiger partial charge < -0.3 is 19.5 Å². The predicted octanol–water partition coefficient (Wildman–Crippen LogP) is 5.07. The molecule has 176 valence electrons. The number of amides is 1. The van der Waals surface area contributed by atoms with Gasteiger partial charge in [0.15, 0.2) is 17.2 Å². The molecular weight excluding hydrogens is 439 g/mol. The van der Waals surface area contributed by atoms with Crippen LogP contribution in [0.5, 0.6) is 17.2 Å². The summed E-state index contributed by atoms with van der Waals surface area (Å²) < 4.78 is 56.2. The molecule has 0 aliphatic carbocycles. The Balaban J connectivity index is 1.61. The topological polar surface area (TPSA) is 74.6 Å². The highest BCUT2D eigenvalue weighted by atomic mass is 19.4. The molecule has 1 N–H and O–H groups in total. The summed E-state index contributed by atoms with van der Waals surface area (Å²) in [5.74, 6) is 1.16. The lowest BCUT2D eigenvalue weighted by molar-refractivity contribution is -0.141. The number of carbonyl (C=O) groups excluding carboxylic acids is 1. The van der Waals surface area contributed by atoms with E-state index >= 15 is 0 Å². The molecule has 33 heavy (non-hydrogen) atoms. The molecule has 0 radical (unpaired) electrons. The number of aryl methyl sites for hydroxylation is 1. The van der Waals surface area contributed by atoms with Gasteiger partial charge >= 0.3 is 6.18 Å². The number of rotatable bonds is 9. The molecule has 0 aliphatic heterocycles. The van der Waals surface area contributed by atoms with Gasteiger partial charge in [-0.1, -0.05) is 6.07 Å². The summed E-state index contributed by atoms with van der Waals surface area (Å²) in [6.45, 7) is 5.11. The molecule has 0 saturated carbocycles. The average molecular weight is 463 g/mol. The Morgan fingerprint density at radius 3 is 2.24 bits per heavy atom. The van der Waals surface area contributed by atoms with Gasteiger partial charge in [-0.3, -0.25) is 9.48 Å². The van der Waals surface area contributed by atoms with Crippen molar-refractivity contribution >= 4 is 11.6 Å². The first-order valence-corrected chi connectivity index (χ1v) is 10.2. The molecular formula is C23H24F3N3O4. The average Bonchev–Trinajstić information content (AvgIpc) is 3.17. The number of anilines is 1. The van der Waals surface area contributed by atoms with Gasteiger partial charge in [-0.2, -0.15) is 18.3 Å². The zero-order valence-corrected chi connectivity index (χ0v) is 18.4. The Morgan fingerprint density at radius 1 is 0.970 bits per heavy atom. The maximum atomic E-state index is 12.8. The van der Waals surface area contributed by atoms with Crippen molar-refractivity contribution in [2.24, 2.45) is 7.05 Å². The number of nitrogens with one attached hydrogen (secondary N) is 1. The molecule has 0 bridgehead atoms. The van der Waals surface area contributed by atoms with E-state index in [9.17, 15) is 18.0 Å². The smallest absolute Gasteiger partial charge is 0.435 e. The molecule has 0 unspecified atom stereocenters. The van der Waals surface area contributed by atoms with E-state index in [0.29, 0.717) is 42.2 Å². The predicted molar refractivity (Wildman–Crippen MR) is 116 cm³/mol. The summed E-state index contributed by atoms with van der Waals surface area (Å²) in [5.41, 5.74) is -0.0401. The van der Waals surface area contributed by atoms with Crippen LogP contribution < -0.4 is 19.5 Å². The lowest BCUT2D eigenvalue weighted by atomic mass is 10.2. The fourth-order valence-electron chi connectivity index (χ4n) is 3.00. The van der Waals surface area contributed by atoms with E-state index in [4.69, 9.17) is 14.2 Å². The van der Waals surface area contributed by atoms with Crippen LogP contribution in [-0.4, -0.2) is 28.9 Å². The number of nitrogens with zero attached hydrogens (tertiary/aromatic N) is 2. The second-order valence-corrected chi connectivity index (χ2v) is 6.95. The van der Waals surface area contributed by atoms with Crippen LogP contribution in [0.4, 0.5) is 18.9 Å². The van der Waals surface area contributed by atoms with E-state index in [-0.39, 0.29) is 12.3 Å². The minimum absolute atomic E-state index is 0.205. The molecule has 3 rings (SSSR count). The maximum absolute atomic E-state index is 12.8. The van der Waals surface area contributed by atoms with Crippen molar-refractivity contribution in [3.8, 4) is 17.2 Å². The number of hydrogen-bond acceptors (Lipinski definition) is 5. The third-order valence-corrected chi connectivity index (χ3v) is 4.53. The van der Waals surface area contributed by atoms with Crippen molar-refractivity contribution < 1.29 is 32.2 Å². The Hall–Kier alpha value is -3.69. The standard InChI is InChI=1S/C23H24F3N3O4/c1-4-31-19-11-6-15(12-20(19)32-5-2)14-33-17-9-7-16(8-10-17)27-22(30)18-13-21(23(24,25)26)28-29(18)3/h6-13H,4-5,14H2,1-3H3,(H,27,30). The molecule has 1 heterocycles. The monoisotopic (exact) mass is 463 g/mol. The van der Waals surface area contributed by atoms with Crippen molar-refractivity contribution in [1.29, 1.82) is 0 Å². The van der Waals surface area contributed by atoms with E-state index in [1.807, 2.05) is 32.0 Å². The quantitative estimate of drug-likeness (QED) is 0.480. The summed E-state index contributed by atoms with van der Waals surface area (Å²) in [5, 5.41) is 5.89. The first-order chi connectivity index (χ1) is 15.7. The summed E-state index contributed by atoms with van der Waals surface area (Å²) in [6, 6.07) is 12.8. The van der Waals surface area contributed by atoms with Gasteiger partial charge in [0.1, 0.15) is 18.1 Å². The Morgan fingerprint density at radius 2 is 1.64 bits per heavy atom. The molecule has 3 aromatic rings. The van der Waals surface area contributed by atoms with Crippen LogP contribution in [0, 0.1) is 0 Å². The van der Waals surface area contributed by atoms with Crippen LogP contribution in [0.25, 0.3) is 0 Å². The molecule has 0 aliphatic rings. The van der Waals surface area contributed by atoms with E-state index in [1.54, 1.807) is 24.3 Å². The second-order valence-electron chi connectivity index (χ2n) is 6.95. The van der Waals surface area contributed by atoms with Gasteiger partial charge in [-0.05, 0) is 55.8 Å². The van der Waals surface area contributed by atoms with Crippen molar-refractivity contribution in [3.63, 3.8) is 0 Å². The van der Waals surface area contributed by atoms with Crippen LogP contribution in [-0.2, 0) is 19.8 Å². The fraction of sp³-hybridized carbons (Fsp3) is 0.304. The van der Waals surface area contributed by atoms with E-state index in [2.05, 4.69) is 10.4 Å². The van der Waals surface area contributed by atoms with Crippen LogP contribution in [0.15, 0.2) is 48.5 Å². The number of hydrogen-bond donors (Lipinski definition) is 1. The molecule has 0 atom stereocenters. The molecule has 1 aromatic heterocycles. The van der Waals surface area contributed by atoms with Crippen LogP contribution in [0.1, 0.15) is 35.6 Å². The van der Waals surface area contributed by atoms with Crippen LogP contribution in [0.3, 0.4) is 0 Å². The highest BCUT2D eigenvalue weighted by Gasteiger charge is 2.35. The first-order valence-electron chi connectivity index (χ1n) is 10.2. The van der Waals surface area contributed by atoms with Crippen molar-refractivity contribution in [1.82, 2.24) is 9.78 Å². The lowest BCUT2D eigenvalue weighted by Crippen LogP contribution is -2.15. The third kappa shape index (κ3) is 6.18. The van der Waals surface area contributed by atoms with Gasteiger partial charge in [0.25, 0.3) is 5.91 Å². The zero-order valence-electron chi connectivity index (χ0n) is 18.4. The van der Waals surface area contributed by atoms with E-state index < -0.39 is 17.8 Å². The number of halogens is 3. The van der Waals surface area contributed by atoms with Gasteiger partial charge in [0, 0.05) is 18.8 Å². The Bertz CT molecular complexity index is 1100. The molecule has 0 spiro atoms. The first kappa shape index (κ1) is 24.0. The summed E-state index contributed by atoms with van der Waals surface area (Å²) in [4.78, 5) is 12.3. The van der Waals surface area contributed by atoms with Gasteiger partial charge in [-0.15, -0.1) is 0 Å². The number of benzene rings is 2. The third-order valence-electron chi connectivity index (χ3n) is 4.53. The molecule has 1 amide bonds. The van der Waals surface area contributed by atoms with Crippen LogP contribution >= 0.6 is 0 Å². The molecule has 7 nitrogen and oxygen atoms in total. The van der Waals surface area contributed by atoms with Crippen molar-refractivity contribution in [3.05, 3.63) is 65.5 Å². The van der Waals surface area contributed by atoms with Gasteiger partial charge in [0.05, 0.1) is 13.2 Å². The number of aromatic nitrogens is 2.